The highest BCUT2D eigenvalue weighted by molar-refractivity contribution is 5.93. The molecule has 3 rings (SSSR count). The van der Waals surface area contributed by atoms with E-state index in [-0.39, 0.29) is 11.9 Å². The number of anilines is 1. The number of nitrogens with one attached hydrogen (secondary N) is 2. The predicted octanol–water partition coefficient (Wildman–Crippen LogP) is 2.08. The molecule has 1 heterocycles. The third-order valence-corrected chi connectivity index (χ3v) is 5.37. The summed E-state index contributed by atoms with van der Waals surface area (Å²) in [6.45, 7) is 1.31. The van der Waals surface area contributed by atoms with Crippen LogP contribution in [0, 0.1) is 0 Å². The number of quaternary nitrogens is 1. The van der Waals surface area contributed by atoms with E-state index in [4.69, 9.17) is 18.9 Å². The number of rotatable bonds is 8. The zero-order chi connectivity index (χ0) is 20.8. The van der Waals surface area contributed by atoms with Gasteiger partial charge in [0.25, 0.3) is 5.91 Å². The largest absolute Gasteiger partial charge is 0.497 e. The van der Waals surface area contributed by atoms with Crippen LogP contribution in [0.3, 0.4) is 0 Å². The molecule has 0 saturated carbocycles. The van der Waals surface area contributed by atoms with E-state index in [1.54, 1.807) is 46.6 Å². The average molecular weight is 401 g/mol. The number of hydrogen-bond acceptors (Lipinski definition) is 5. The Morgan fingerprint density at radius 2 is 1.62 bits per heavy atom. The second-order valence-electron chi connectivity index (χ2n) is 7.00. The SMILES string of the molecule is COc1ccc(NC(=O)C[NH+]2CCC[C@@H]2c2ccc(OC)cc2OC)c(OC)c1. The predicted molar refractivity (Wildman–Crippen MR) is 110 cm³/mol. The average Bonchev–Trinajstić information content (AvgIpc) is 3.20. The minimum atomic E-state index is -0.0529. The molecule has 0 radical (unpaired) electrons. The zero-order valence-corrected chi connectivity index (χ0v) is 17.4. The van der Waals surface area contributed by atoms with Gasteiger partial charge in [-0.05, 0) is 24.3 Å². The summed E-state index contributed by atoms with van der Waals surface area (Å²) in [6.07, 6.45) is 2.07. The van der Waals surface area contributed by atoms with Crippen molar-refractivity contribution >= 4 is 11.6 Å². The van der Waals surface area contributed by atoms with Gasteiger partial charge < -0.3 is 29.2 Å². The quantitative estimate of drug-likeness (QED) is 0.709. The van der Waals surface area contributed by atoms with Crippen LogP contribution in [-0.4, -0.2) is 47.4 Å². The minimum absolute atomic E-state index is 0.0529. The van der Waals surface area contributed by atoms with Crippen molar-refractivity contribution in [2.24, 2.45) is 0 Å². The smallest absolute Gasteiger partial charge is 0.279 e. The Hall–Kier alpha value is -2.93. The van der Waals surface area contributed by atoms with Crippen molar-refractivity contribution in [2.45, 2.75) is 18.9 Å². The first-order valence-electron chi connectivity index (χ1n) is 9.68. The molecule has 0 aliphatic carbocycles. The monoisotopic (exact) mass is 401 g/mol. The van der Waals surface area contributed by atoms with Gasteiger partial charge in [-0.1, -0.05) is 0 Å². The highest BCUT2D eigenvalue weighted by Crippen LogP contribution is 2.32. The first-order chi connectivity index (χ1) is 14.1. The number of benzene rings is 2. The Kier molecular flexibility index (Phi) is 6.82. The number of hydrogen-bond donors (Lipinski definition) is 2. The van der Waals surface area contributed by atoms with E-state index in [1.165, 1.54) is 4.90 Å². The number of carbonyl (C=O) groups excluding carboxylic acids is 1. The first kappa shape index (κ1) is 20.8. The second kappa shape index (κ2) is 9.52. The molecular weight excluding hydrogens is 372 g/mol. The summed E-state index contributed by atoms with van der Waals surface area (Å²) in [5.41, 5.74) is 1.74. The van der Waals surface area contributed by atoms with Crippen molar-refractivity contribution in [3.8, 4) is 23.0 Å². The Bertz CT molecular complexity index is 855. The van der Waals surface area contributed by atoms with Gasteiger partial charge in [0, 0.05) is 25.0 Å². The standard InChI is InChI=1S/C22H28N2O5/c1-26-15-7-9-17(20(12-15)28-3)19-6-5-11-24(19)14-22(25)23-18-10-8-16(27-2)13-21(18)29-4/h7-10,12-13,19H,5-6,11,14H2,1-4H3,(H,23,25)/p+1/t19-/m1/s1. The number of likely N-dealkylation sites (tertiary alicyclic amines) is 1. The number of methoxy groups -OCH3 is 4. The van der Waals surface area contributed by atoms with E-state index in [0.29, 0.717) is 23.7 Å². The van der Waals surface area contributed by atoms with Crippen LogP contribution in [0.15, 0.2) is 36.4 Å². The lowest BCUT2D eigenvalue weighted by atomic mass is 10.0. The molecule has 29 heavy (non-hydrogen) atoms. The number of amides is 1. The van der Waals surface area contributed by atoms with E-state index in [2.05, 4.69) is 5.32 Å². The summed E-state index contributed by atoms with van der Waals surface area (Å²) < 4.78 is 21.5. The van der Waals surface area contributed by atoms with Gasteiger partial charge in [-0.3, -0.25) is 4.79 Å². The molecule has 1 saturated heterocycles. The van der Waals surface area contributed by atoms with Crippen LogP contribution in [0.4, 0.5) is 5.69 Å². The van der Waals surface area contributed by atoms with Crippen LogP contribution in [-0.2, 0) is 4.79 Å². The summed E-state index contributed by atoms with van der Waals surface area (Å²) in [5.74, 6) is 2.75. The molecule has 7 heteroatoms. The molecule has 1 amide bonds. The Morgan fingerprint density at radius 1 is 0.966 bits per heavy atom. The van der Waals surface area contributed by atoms with E-state index in [1.807, 2.05) is 18.2 Å². The molecule has 156 valence electrons. The van der Waals surface area contributed by atoms with Crippen molar-refractivity contribution < 1.29 is 28.6 Å². The zero-order valence-electron chi connectivity index (χ0n) is 17.4. The van der Waals surface area contributed by atoms with Crippen molar-refractivity contribution in [3.05, 3.63) is 42.0 Å². The van der Waals surface area contributed by atoms with E-state index in [9.17, 15) is 4.79 Å². The Balaban J connectivity index is 1.72. The van der Waals surface area contributed by atoms with Crippen molar-refractivity contribution in [1.82, 2.24) is 0 Å². The maximum absolute atomic E-state index is 12.8. The molecule has 0 bridgehead atoms. The molecule has 1 aliphatic rings. The van der Waals surface area contributed by atoms with Crippen LogP contribution >= 0.6 is 0 Å². The maximum atomic E-state index is 12.8. The first-order valence-corrected chi connectivity index (χ1v) is 9.68. The minimum Gasteiger partial charge on any atom is -0.497 e. The summed E-state index contributed by atoms with van der Waals surface area (Å²) in [7, 11) is 6.47. The normalized spacial score (nSPS) is 18.2. The molecule has 2 aromatic rings. The van der Waals surface area contributed by atoms with Crippen LogP contribution in [0.2, 0.25) is 0 Å². The lowest BCUT2D eigenvalue weighted by molar-refractivity contribution is -0.910. The van der Waals surface area contributed by atoms with Crippen LogP contribution in [0.5, 0.6) is 23.0 Å². The van der Waals surface area contributed by atoms with Gasteiger partial charge in [0.05, 0.1) is 46.2 Å². The number of carbonyl (C=O) groups is 1. The molecular formula is C22H29N2O5+. The highest BCUT2D eigenvalue weighted by Gasteiger charge is 2.33. The molecule has 2 aromatic carbocycles. The summed E-state index contributed by atoms with van der Waals surface area (Å²) in [4.78, 5) is 14.0. The Morgan fingerprint density at radius 3 is 2.28 bits per heavy atom. The van der Waals surface area contributed by atoms with Gasteiger partial charge in [-0.25, -0.2) is 0 Å². The van der Waals surface area contributed by atoms with Crippen LogP contribution < -0.4 is 29.2 Å². The van der Waals surface area contributed by atoms with Crippen molar-refractivity contribution in [3.63, 3.8) is 0 Å². The lowest BCUT2D eigenvalue weighted by Crippen LogP contribution is -3.11. The highest BCUT2D eigenvalue weighted by atomic mass is 16.5. The van der Waals surface area contributed by atoms with Gasteiger partial charge in [-0.2, -0.15) is 0 Å². The second-order valence-corrected chi connectivity index (χ2v) is 7.00. The van der Waals surface area contributed by atoms with Crippen molar-refractivity contribution in [2.75, 3.05) is 46.8 Å². The van der Waals surface area contributed by atoms with Crippen LogP contribution in [0.1, 0.15) is 24.4 Å². The summed E-state index contributed by atoms with van der Waals surface area (Å²) in [5, 5.41) is 2.97. The fraction of sp³-hybridized carbons (Fsp3) is 0.409. The number of ether oxygens (including phenoxy) is 4. The Labute approximate surface area is 171 Å². The fourth-order valence-electron chi connectivity index (χ4n) is 3.91. The van der Waals surface area contributed by atoms with E-state index >= 15 is 0 Å². The topological polar surface area (TPSA) is 70.5 Å². The molecule has 0 aromatic heterocycles. The van der Waals surface area contributed by atoms with E-state index < -0.39 is 0 Å². The molecule has 0 spiro atoms. The molecule has 2 atom stereocenters. The lowest BCUT2D eigenvalue weighted by Gasteiger charge is -2.23. The summed E-state index contributed by atoms with van der Waals surface area (Å²) in [6, 6.07) is 11.4. The maximum Gasteiger partial charge on any atom is 0.279 e. The molecule has 1 fully saturated rings. The molecule has 2 N–H and O–H groups in total. The molecule has 7 nitrogen and oxygen atoms in total. The molecule has 1 unspecified atom stereocenters. The third kappa shape index (κ3) is 4.74. The van der Waals surface area contributed by atoms with Crippen molar-refractivity contribution in [1.29, 1.82) is 0 Å². The fourth-order valence-corrected chi connectivity index (χ4v) is 3.91. The molecule has 1 aliphatic heterocycles. The van der Waals surface area contributed by atoms with Gasteiger partial charge >= 0.3 is 0 Å². The van der Waals surface area contributed by atoms with Crippen LogP contribution in [0.25, 0.3) is 0 Å². The van der Waals surface area contributed by atoms with E-state index in [0.717, 1.165) is 36.4 Å². The van der Waals surface area contributed by atoms with Gasteiger partial charge in [0.1, 0.15) is 29.0 Å². The van der Waals surface area contributed by atoms with Gasteiger partial charge in [0.15, 0.2) is 6.54 Å². The summed E-state index contributed by atoms with van der Waals surface area (Å²) >= 11 is 0. The van der Waals surface area contributed by atoms with Gasteiger partial charge in [0.2, 0.25) is 0 Å². The third-order valence-electron chi connectivity index (χ3n) is 5.37. The van der Waals surface area contributed by atoms with Gasteiger partial charge in [-0.15, -0.1) is 0 Å².